The first-order valence-electron chi connectivity index (χ1n) is 6.30. The Labute approximate surface area is 124 Å². The second kappa shape index (κ2) is 9.28. The van der Waals surface area contributed by atoms with E-state index in [1.807, 2.05) is 38.1 Å². The molecule has 20 heavy (non-hydrogen) atoms. The number of benzene rings is 1. The Hall–Kier alpha value is -1.65. The normalized spacial score (nSPS) is 12.2. The Morgan fingerprint density at radius 1 is 1.30 bits per heavy atom. The van der Waals surface area contributed by atoms with Gasteiger partial charge in [0.2, 0.25) is 0 Å². The van der Waals surface area contributed by atoms with Crippen molar-refractivity contribution in [2.75, 3.05) is 13.2 Å². The minimum Gasteiger partial charge on any atom is -0.491 e. The van der Waals surface area contributed by atoms with Crippen LogP contribution in [0, 0.1) is 0 Å². The van der Waals surface area contributed by atoms with E-state index >= 15 is 0 Å². The monoisotopic (exact) mass is 297 g/mol. The Kier molecular flexibility index (Phi) is 7.62. The number of halogens is 1. The second-order valence-corrected chi connectivity index (χ2v) is 4.52. The standard InChI is InChI=1S/C15H20ClNO3/c1-12(2)17-20-13(3)11-19-15-7-5-14(6-8-15)18-10-4-9-16/h4-9,13,17H,1,10-11H2,2-3H3. The molecule has 0 bridgehead atoms. The van der Waals surface area contributed by atoms with Crippen LogP contribution >= 0.6 is 11.6 Å². The number of ether oxygens (including phenoxy) is 2. The van der Waals surface area contributed by atoms with Crippen molar-refractivity contribution in [3.05, 3.63) is 48.2 Å². The lowest BCUT2D eigenvalue weighted by molar-refractivity contribution is -0.0201. The quantitative estimate of drug-likeness (QED) is 0.706. The number of nitrogens with one attached hydrogen (secondary N) is 1. The van der Waals surface area contributed by atoms with Crippen molar-refractivity contribution in [1.82, 2.24) is 5.48 Å². The highest BCUT2D eigenvalue weighted by atomic mass is 35.5. The molecule has 110 valence electrons. The molecule has 0 amide bonds. The van der Waals surface area contributed by atoms with Gasteiger partial charge < -0.3 is 9.47 Å². The smallest absolute Gasteiger partial charge is 0.120 e. The molecule has 0 aliphatic heterocycles. The lowest BCUT2D eigenvalue weighted by Gasteiger charge is -2.15. The summed E-state index contributed by atoms with van der Waals surface area (Å²) < 4.78 is 11.0. The van der Waals surface area contributed by atoms with E-state index in [-0.39, 0.29) is 6.10 Å². The van der Waals surface area contributed by atoms with Crippen LogP contribution in [0.25, 0.3) is 0 Å². The van der Waals surface area contributed by atoms with Crippen molar-refractivity contribution in [3.63, 3.8) is 0 Å². The van der Waals surface area contributed by atoms with E-state index < -0.39 is 0 Å². The van der Waals surface area contributed by atoms with Crippen molar-refractivity contribution in [2.45, 2.75) is 20.0 Å². The van der Waals surface area contributed by atoms with Gasteiger partial charge in [0, 0.05) is 11.2 Å². The SMILES string of the molecule is C=C(C)NOC(C)COc1ccc(OCC=CCl)cc1. The average Bonchev–Trinajstić information content (AvgIpc) is 2.44. The zero-order valence-electron chi connectivity index (χ0n) is 11.8. The number of hydrogen-bond acceptors (Lipinski definition) is 4. The molecule has 0 aliphatic carbocycles. The molecule has 0 heterocycles. The molecule has 1 aromatic carbocycles. The van der Waals surface area contributed by atoms with Gasteiger partial charge in [-0.2, -0.15) is 0 Å². The largest absolute Gasteiger partial charge is 0.491 e. The molecule has 1 N–H and O–H groups in total. The van der Waals surface area contributed by atoms with E-state index in [4.69, 9.17) is 25.9 Å². The van der Waals surface area contributed by atoms with Crippen molar-refractivity contribution in [3.8, 4) is 11.5 Å². The highest BCUT2D eigenvalue weighted by Crippen LogP contribution is 2.17. The number of rotatable bonds is 9. The summed E-state index contributed by atoms with van der Waals surface area (Å²) in [6.07, 6.45) is 1.64. The van der Waals surface area contributed by atoms with Crippen LogP contribution in [-0.4, -0.2) is 19.3 Å². The predicted octanol–water partition coefficient (Wildman–Crippen LogP) is 3.64. The molecule has 4 nitrogen and oxygen atoms in total. The van der Waals surface area contributed by atoms with Crippen molar-refractivity contribution in [1.29, 1.82) is 0 Å². The van der Waals surface area contributed by atoms with Crippen LogP contribution < -0.4 is 15.0 Å². The van der Waals surface area contributed by atoms with E-state index in [2.05, 4.69) is 12.1 Å². The van der Waals surface area contributed by atoms with Gasteiger partial charge in [-0.15, -0.1) is 0 Å². The fourth-order valence-electron chi connectivity index (χ4n) is 1.26. The van der Waals surface area contributed by atoms with Gasteiger partial charge in [0.15, 0.2) is 0 Å². The number of hydrogen-bond donors (Lipinski definition) is 1. The minimum absolute atomic E-state index is 0.0866. The van der Waals surface area contributed by atoms with Crippen LogP contribution in [0.5, 0.6) is 11.5 Å². The van der Waals surface area contributed by atoms with Crippen LogP contribution in [0.4, 0.5) is 0 Å². The summed E-state index contributed by atoms with van der Waals surface area (Å²) in [4.78, 5) is 5.29. The van der Waals surface area contributed by atoms with Crippen LogP contribution in [0.15, 0.2) is 48.2 Å². The molecule has 1 unspecified atom stereocenters. The minimum atomic E-state index is -0.0866. The van der Waals surface area contributed by atoms with E-state index in [0.29, 0.717) is 13.2 Å². The molecule has 1 aromatic rings. The fourth-order valence-corrected chi connectivity index (χ4v) is 1.33. The van der Waals surface area contributed by atoms with Gasteiger partial charge in [-0.25, -0.2) is 0 Å². The Morgan fingerprint density at radius 3 is 2.45 bits per heavy atom. The maximum atomic E-state index is 5.60. The van der Waals surface area contributed by atoms with E-state index in [1.54, 1.807) is 6.08 Å². The first-order valence-corrected chi connectivity index (χ1v) is 6.73. The third kappa shape index (κ3) is 7.07. The van der Waals surface area contributed by atoms with E-state index in [0.717, 1.165) is 17.2 Å². The van der Waals surface area contributed by atoms with Crippen LogP contribution in [-0.2, 0) is 4.84 Å². The van der Waals surface area contributed by atoms with Crippen LogP contribution in [0.2, 0.25) is 0 Å². The highest BCUT2D eigenvalue weighted by Gasteiger charge is 2.04. The molecule has 5 heteroatoms. The molecule has 1 atom stereocenters. The molecular formula is C15H20ClNO3. The molecule has 0 spiro atoms. The van der Waals surface area contributed by atoms with Crippen LogP contribution in [0.1, 0.15) is 13.8 Å². The summed E-state index contributed by atoms with van der Waals surface area (Å²) in [6, 6.07) is 7.38. The summed E-state index contributed by atoms with van der Waals surface area (Å²) in [7, 11) is 0. The summed E-state index contributed by atoms with van der Waals surface area (Å²) in [5.41, 5.74) is 4.89. The number of hydroxylamine groups is 1. The zero-order chi connectivity index (χ0) is 14.8. The first-order chi connectivity index (χ1) is 9.61. The van der Waals surface area contributed by atoms with Gasteiger partial charge in [0.1, 0.15) is 30.8 Å². The molecule has 0 aliphatic rings. The van der Waals surface area contributed by atoms with Gasteiger partial charge in [0.05, 0.1) is 0 Å². The second-order valence-electron chi connectivity index (χ2n) is 4.27. The highest BCUT2D eigenvalue weighted by molar-refractivity contribution is 6.25. The molecule has 0 radical (unpaired) electrons. The third-order valence-corrected chi connectivity index (χ3v) is 2.36. The lowest BCUT2D eigenvalue weighted by atomic mass is 10.3. The topological polar surface area (TPSA) is 39.7 Å². The predicted molar refractivity (Wildman–Crippen MR) is 80.9 cm³/mol. The summed E-state index contributed by atoms with van der Waals surface area (Å²) in [5.74, 6) is 1.52. The van der Waals surface area contributed by atoms with Crippen molar-refractivity contribution < 1.29 is 14.3 Å². The van der Waals surface area contributed by atoms with Gasteiger partial charge in [-0.3, -0.25) is 10.3 Å². The molecule has 1 rings (SSSR count). The van der Waals surface area contributed by atoms with Crippen LogP contribution in [0.3, 0.4) is 0 Å². The third-order valence-electron chi connectivity index (χ3n) is 2.18. The Bertz CT molecular complexity index is 431. The summed E-state index contributed by atoms with van der Waals surface area (Å²) >= 11 is 5.41. The van der Waals surface area contributed by atoms with Gasteiger partial charge >= 0.3 is 0 Å². The molecule has 0 saturated carbocycles. The van der Waals surface area contributed by atoms with E-state index in [1.165, 1.54) is 5.54 Å². The maximum Gasteiger partial charge on any atom is 0.120 e. The fraction of sp³-hybridized carbons (Fsp3) is 0.333. The average molecular weight is 298 g/mol. The molecule has 0 saturated heterocycles. The molecule has 0 aromatic heterocycles. The van der Waals surface area contributed by atoms with Gasteiger partial charge in [-0.1, -0.05) is 18.2 Å². The Balaban J connectivity index is 2.32. The zero-order valence-corrected chi connectivity index (χ0v) is 12.5. The number of allylic oxidation sites excluding steroid dienone is 1. The van der Waals surface area contributed by atoms with Crippen molar-refractivity contribution in [2.24, 2.45) is 0 Å². The molecular weight excluding hydrogens is 278 g/mol. The first kappa shape index (κ1) is 16.4. The van der Waals surface area contributed by atoms with E-state index in [9.17, 15) is 0 Å². The van der Waals surface area contributed by atoms with Gasteiger partial charge in [0.25, 0.3) is 0 Å². The van der Waals surface area contributed by atoms with Gasteiger partial charge in [-0.05, 0) is 44.2 Å². The maximum absolute atomic E-state index is 5.60. The lowest BCUT2D eigenvalue weighted by Crippen LogP contribution is -2.25. The molecule has 0 fully saturated rings. The summed E-state index contributed by atoms with van der Waals surface area (Å²) in [6.45, 7) is 8.30. The summed E-state index contributed by atoms with van der Waals surface area (Å²) in [5, 5.41) is 0. The van der Waals surface area contributed by atoms with Crippen molar-refractivity contribution >= 4 is 11.6 Å². The Morgan fingerprint density at radius 2 is 1.90 bits per heavy atom.